The summed E-state index contributed by atoms with van der Waals surface area (Å²) in [7, 11) is -3.73. The van der Waals surface area contributed by atoms with Crippen molar-refractivity contribution in [3.8, 4) is 0 Å². The molecule has 8 heteroatoms. The van der Waals surface area contributed by atoms with Crippen LogP contribution >= 0.6 is 0 Å². The van der Waals surface area contributed by atoms with Gasteiger partial charge in [0.1, 0.15) is 12.6 Å². The molecule has 0 aliphatic rings. The summed E-state index contributed by atoms with van der Waals surface area (Å²) in [4.78, 5) is 23.9. The molecule has 0 aromatic heterocycles. The van der Waals surface area contributed by atoms with Crippen molar-refractivity contribution in [2.75, 3.05) is 11.5 Å². The Hall–Kier alpha value is -2.22. The monoisotopic (exact) mass is 371 g/mol. The molecule has 0 unspecified atom stereocenters. The number of ether oxygens (including phenoxy) is 1. The van der Waals surface area contributed by atoms with Crippen molar-refractivity contribution in [1.29, 1.82) is 0 Å². The van der Waals surface area contributed by atoms with Crippen molar-refractivity contribution >= 4 is 27.7 Å². The van der Waals surface area contributed by atoms with Gasteiger partial charge in [0, 0.05) is 5.69 Å². The molecule has 138 valence electrons. The van der Waals surface area contributed by atoms with Gasteiger partial charge in [0.25, 0.3) is 0 Å². The molecular weight excluding hydrogens is 349 g/mol. The van der Waals surface area contributed by atoms with E-state index in [2.05, 4.69) is 6.58 Å². The van der Waals surface area contributed by atoms with Crippen LogP contribution in [-0.2, 0) is 19.4 Å². The Balaban J connectivity index is 2.98. The number of anilines is 1. The summed E-state index contributed by atoms with van der Waals surface area (Å²) in [6, 6.07) is 4.77. The Kier molecular flexibility index (Phi) is 6.48. The molecule has 0 radical (unpaired) electrons. The van der Waals surface area contributed by atoms with Crippen molar-refractivity contribution < 1.29 is 27.1 Å². The average Bonchev–Trinajstić information content (AvgIpc) is 2.52. The topological polar surface area (TPSA) is 80.8 Å². The summed E-state index contributed by atoms with van der Waals surface area (Å²) >= 11 is 0. The fourth-order valence-electron chi connectivity index (χ4n) is 1.90. The van der Waals surface area contributed by atoms with Crippen molar-refractivity contribution in [3.05, 3.63) is 41.8 Å². The van der Waals surface area contributed by atoms with Gasteiger partial charge < -0.3 is 4.74 Å². The van der Waals surface area contributed by atoms with E-state index in [0.29, 0.717) is 0 Å². The Labute approximate surface area is 147 Å². The molecule has 0 spiro atoms. The lowest BCUT2D eigenvalue weighted by Gasteiger charge is -2.26. The SMILES string of the molecule is C=C(COC(=O)N(c1ccccc1)[C@@H](C)C(=O)F)S(=O)(=O)C(C)(C)C. The van der Waals surface area contributed by atoms with Crippen molar-refractivity contribution in [3.63, 3.8) is 0 Å². The molecular formula is C17H22FNO5S. The molecule has 0 saturated carbocycles. The van der Waals surface area contributed by atoms with Gasteiger partial charge >= 0.3 is 12.1 Å². The van der Waals surface area contributed by atoms with E-state index in [1.807, 2.05) is 0 Å². The van der Waals surface area contributed by atoms with E-state index in [1.165, 1.54) is 39.8 Å². The molecule has 0 aliphatic heterocycles. The number of para-hydroxylation sites is 1. The average molecular weight is 371 g/mol. The number of halogens is 1. The molecule has 1 aromatic carbocycles. The van der Waals surface area contributed by atoms with E-state index in [0.717, 1.165) is 4.90 Å². The second-order valence-electron chi connectivity index (χ2n) is 6.39. The van der Waals surface area contributed by atoms with Gasteiger partial charge in [-0.25, -0.2) is 13.2 Å². The predicted molar refractivity (Wildman–Crippen MR) is 93.7 cm³/mol. The highest BCUT2D eigenvalue weighted by molar-refractivity contribution is 7.96. The molecule has 0 N–H and O–H groups in total. The van der Waals surface area contributed by atoms with Crippen molar-refractivity contribution in [2.24, 2.45) is 0 Å². The Bertz CT molecular complexity index is 753. The second-order valence-corrected chi connectivity index (χ2v) is 9.20. The Morgan fingerprint density at radius 1 is 1.24 bits per heavy atom. The first-order chi connectivity index (χ1) is 11.4. The smallest absolute Gasteiger partial charge is 0.415 e. The third-order valence-corrected chi connectivity index (χ3v) is 5.98. The summed E-state index contributed by atoms with van der Waals surface area (Å²) in [6.45, 7) is 8.56. The minimum atomic E-state index is -3.73. The molecule has 0 bridgehead atoms. The minimum Gasteiger partial charge on any atom is -0.444 e. The lowest BCUT2D eigenvalue weighted by molar-refractivity contribution is -0.130. The number of benzene rings is 1. The molecule has 1 atom stereocenters. The van der Waals surface area contributed by atoms with Crippen LogP contribution in [0.1, 0.15) is 27.7 Å². The van der Waals surface area contributed by atoms with Crippen LogP contribution in [0, 0.1) is 0 Å². The number of nitrogens with zero attached hydrogens (tertiary/aromatic N) is 1. The van der Waals surface area contributed by atoms with Gasteiger partial charge in [0.05, 0.1) is 9.65 Å². The zero-order valence-corrected chi connectivity index (χ0v) is 15.5. The highest BCUT2D eigenvalue weighted by atomic mass is 32.2. The number of carbonyl (C=O) groups excluding carboxylic acids is 2. The van der Waals surface area contributed by atoms with Crippen LogP contribution in [0.2, 0.25) is 0 Å². The third kappa shape index (κ3) is 4.88. The van der Waals surface area contributed by atoms with E-state index >= 15 is 0 Å². The molecule has 1 aromatic rings. The quantitative estimate of drug-likeness (QED) is 0.717. The highest BCUT2D eigenvalue weighted by Crippen LogP contribution is 2.24. The molecule has 0 heterocycles. The van der Waals surface area contributed by atoms with Crippen LogP contribution in [0.3, 0.4) is 0 Å². The third-order valence-electron chi connectivity index (χ3n) is 3.49. The van der Waals surface area contributed by atoms with Gasteiger partial charge in [0.15, 0.2) is 9.84 Å². The fourth-order valence-corrected chi connectivity index (χ4v) is 2.98. The van der Waals surface area contributed by atoms with E-state index in [4.69, 9.17) is 4.74 Å². The van der Waals surface area contributed by atoms with Gasteiger partial charge in [-0.2, -0.15) is 4.39 Å². The van der Waals surface area contributed by atoms with Crippen LogP contribution in [-0.4, -0.2) is 37.9 Å². The van der Waals surface area contributed by atoms with Crippen LogP contribution in [0.4, 0.5) is 14.9 Å². The molecule has 6 nitrogen and oxygen atoms in total. The largest absolute Gasteiger partial charge is 0.444 e. The molecule has 0 aliphatic carbocycles. The van der Waals surface area contributed by atoms with Crippen LogP contribution < -0.4 is 4.90 Å². The number of carbonyl (C=O) groups is 2. The van der Waals surface area contributed by atoms with Crippen molar-refractivity contribution in [2.45, 2.75) is 38.5 Å². The lowest BCUT2D eigenvalue weighted by Crippen LogP contribution is -2.43. The van der Waals surface area contributed by atoms with Crippen LogP contribution in [0.15, 0.2) is 41.8 Å². The highest BCUT2D eigenvalue weighted by Gasteiger charge is 2.34. The molecule has 25 heavy (non-hydrogen) atoms. The number of sulfone groups is 1. The maximum Gasteiger partial charge on any atom is 0.415 e. The lowest BCUT2D eigenvalue weighted by atomic mass is 10.2. The maximum absolute atomic E-state index is 13.1. The second kappa shape index (κ2) is 7.77. The first-order valence-corrected chi connectivity index (χ1v) is 9.00. The standard InChI is InChI=1S/C17H22FNO5S/c1-12(25(22,23)17(3,4)5)11-24-16(21)19(13(2)15(18)20)14-9-7-6-8-10-14/h6-10,13H,1,11H2,2-5H3/t13-/m0/s1. The van der Waals surface area contributed by atoms with Gasteiger partial charge in [-0.1, -0.05) is 24.8 Å². The van der Waals surface area contributed by atoms with E-state index in [1.54, 1.807) is 18.2 Å². The zero-order chi connectivity index (χ0) is 19.4. The summed E-state index contributed by atoms with van der Waals surface area (Å²) < 4.78 is 41.5. The van der Waals surface area contributed by atoms with E-state index in [-0.39, 0.29) is 10.6 Å². The fraction of sp³-hybridized carbons (Fsp3) is 0.412. The number of amides is 1. The van der Waals surface area contributed by atoms with Gasteiger partial charge in [-0.05, 0) is 39.8 Å². The molecule has 0 fully saturated rings. The first-order valence-electron chi connectivity index (χ1n) is 7.52. The normalized spacial score (nSPS) is 13.0. The van der Waals surface area contributed by atoms with Crippen LogP contribution in [0.5, 0.6) is 0 Å². The number of hydrogen-bond acceptors (Lipinski definition) is 5. The minimum absolute atomic E-state index is 0.246. The summed E-state index contributed by atoms with van der Waals surface area (Å²) in [5.41, 5.74) is 0.246. The van der Waals surface area contributed by atoms with E-state index in [9.17, 15) is 22.4 Å². The van der Waals surface area contributed by atoms with Crippen LogP contribution in [0.25, 0.3) is 0 Å². The van der Waals surface area contributed by atoms with E-state index < -0.39 is 39.4 Å². The van der Waals surface area contributed by atoms with Gasteiger partial charge in [0.2, 0.25) is 0 Å². The molecule has 1 rings (SSSR count). The molecule has 1 amide bonds. The van der Waals surface area contributed by atoms with Gasteiger partial charge in [-0.3, -0.25) is 9.69 Å². The number of rotatable bonds is 6. The summed E-state index contributed by atoms with van der Waals surface area (Å²) in [5, 5.41) is 0. The predicted octanol–water partition coefficient (Wildman–Crippen LogP) is 3.24. The zero-order valence-electron chi connectivity index (χ0n) is 14.7. The first kappa shape index (κ1) is 20.8. The van der Waals surface area contributed by atoms with Gasteiger partial charge in [-0.15, -0.1) is 0 Å². The maximum atomic E-state index is 13.1. The molecule has 0 saturated heterocycles. The number of hydrogen-bond donors (Lipinski definition) is 0. The Morgan fingerprint density at radius 2 is 1.76 bits per heavy atom. The summed E-state index contributed by atoms with van der Waals surface area (Å²) in [5.74, 6) is 0. The van der Waals surface area contributed by atoms with Crippen molar-refractivity contribution in [1.82, 2.24) is 0 Å². The summed E-state index contributed by atoms with van der Waals surface area (Å²) in [6.07, 6.45) is -1.05. The Morgan fingerprint density at radius 3 is 2.20 bits per heavy atom.